The Morgan fingerprint density at radius 3 is 1.43 bits per heavy atom. The summed E-state index contributed by atoms with van der Waals surface area (Å²) in [6, 6.07) is -8.03. The number of nitrogens with two attached hydrogens (primary N) is 6. The van der Waals surface area contributed by atoms with Crippen LogP contribution in [0.4, 0.5) is 0 Å². The molecule has 44 heteroatoms. The molecule has 43 nitrogen and oxygen atoms in total. The number of aldehydes is 2. The van der Waals surface area contributed by atoms with Gasteiger partial charge in [-0.3, -0.25) is 30.0 Å². The Kier molecular flexibility index (Phi) is 33.3. The van der Waals surface area contributed by atoms with Crippen LogP contribution in [-0.2, 0) is 61.8 Å². The summed E-state index contributed by atoms with van der Waals surface area (Å²) < 4.78 is 52.2. The number of ether oxygens (including phenoxy) is 9. The van der Waals surface area contributed by atoms with Crippen molar-refractivity contribution in [3.05, 3.63) is 12.7 Å². The van der Waals surface area contributed by atoms with E-state index in [0.717, 1.165) is 44.6 Å². The van der Waals surface area contributed by atoms with E-state index < -0.39 is 243 Å². The van der Waals surface area contributed by atoms with Crippen molar-refractivity contribution in [3.8, 4) is 0 Å². The summed E-state index contributed by atoms with van der Waals surface area (Å²) in [5.41, 5.74) is 26.4. The van der Waals surface area contributed by atoms with Crippen molar-refractivity contribution in [2.75, 3.05) is 58.4 Å². The lowest BCUT2D eigenvalue weighted by atomic mass is 9.44. The van der Waals surface area contributed by atoms with Crippen molar-refractivity contribution >= 4 is 59.9 Å². The van der Waals surface area contributed by atoms with Gasteiger partial charge in [0, 0.05) is 35.5 Å². The Hall–Kier alpha value is -5.39. The highest BCUT2D eigenvalue weighted by Crippen LogP contribution is 2.68. The first-order chi connectivity index (χ1) is 53.4. The molecule has 654 valence electrons. The topological polar surface area (TPSA) is 735 Å². The Morgan fingerprint density at radius 2 is 1.06 bits per heavy atom. The van der Waals surface area contributed by atoms with Gasteiger partial charge < -0.3 is 180 Å². The zero-order valence-electron chi connectivity index (χ0n) is 65.7. The molecule has 4 heterocycles. The van der Waals surface area contributed by atoms with E-state index in [1.807, 2.05) is 13.0 Å². The van der Waals surface area contributed by atoms with Gasteiger partial charge in [0.15, 0.2) is 72.8 Å². The SMILES string of the molecule is C=C[C@]1(C)C[C@@H](OC(=O)CSCCN(CC)CC)[C@@]2(C)C(C)CC[C@]3(CCC(=O)[C@H]32)[C@@H](C)[C@@H]1O.CN[C@@H]1[C@H](O[C@H]2[C@H](O[C@H]3[C@H](O)[C@@H](O)[C@H](N=C(N)N)[C@@H](O)[C@@H]3NC(=N)N)O[C@@H](C)[C@]2(O)C=O)O[C@@H](CO)[C@H](O)[C@H]1O.CN[C@@H]1[C@H](O[C@H]2[C@H](O[C@H]3[C@H](O)[C@@H](O)[C@H](N=C(N)N)[C@@H](O)[C@@H]3NC(=N)N)O[C@@H](C)[C@]2(O)C=O)O[C@@H](CO)[C@H](O)[C@H]1O. The van der Waals surface area contributed by atoms with Crippen LogP contribution in [0, 0.1) is 44.8 Å². The monoisotopic (exact) mass is 1660 g/mol. The largest absolute Gasteiger partial charge is 0.461 e. The van der Waals surface area contributed by atoms with Gasteiger partial charge in [0.1, 0.15) is 122 Å². The number of ketones is 1. The molecule has 9 rings (SSSR count). The molecule has 5 aliphatic carbocycles. The van der Waals surface area contributed by atoms with Crippen molar-refractivity contribution in [1.29, 1.82) is 10.8 Å². The van der Waals surface area contributed by atoms with Crippen molar-refractivity contribution in [3.63, 3.8) is 0 Å². The number of thioether (sulfide) groups is 1. The molecule has 1 unspecified atom stereocenters. The zero-order chi connectivity index (χ0) is 85.5. The van der Waals surface area contributed by atoms with Crippen LogP contribution in [0.25, 0.3) is 0 Å². The van der Waals surface area contributed by atoms with Crippen LogP contribution in [-0.4, -0.2) is 383 Å². The molecule has 9 fully saturated rings. The van der Waals surface area contributed by atoms with Gasteiger partial charge in [-0.1, -0.05) is 47.6 Å². The maximum Gasteiger partial charge on any atom is 0.316 e. The van der Waals surface area contributed by atoms with Gasteiger partial charge in [-0.25, -0.2) is 9.98 Å². The quantitative estimate of drug-likeness (QED) is 0.00907. The molecule has 38 atom stereocenters. The number of carbonyl (C=O) groups excluding carboxylic acids is 4. The number of rotatable bonds is 27. The van der Waals surface area contributed by atoms with Crippen LogP contribution in [0.1, 0.15) is 87.5 Å². The minimum atomic E-state index is -2.39. The fraction of sp³-hybridized carbons (Fsp3) is 0.857. The molecule has 4 saturated heterocycles. The molecule has 0 radical (unpaired) electrons. The number of guanidine groups is 4. The minimum Gasteiger partial charge on any atom is -0.461 e. The molecule has 4 aliphatic heterocycles. The number of nitrogens with zero attached hydrogens (tertiary/aromatic N) is 3. The third-order valence-electron chi connectivity index (χ3n) is 25.0. The second-order valence-electron chi connectivity index (χ2n) is 31.5. The first-order valence-corrected chi connectivity index (χ1v) is 39.3. The molecule has 0 spiro atoms. The predicted octanol–water partition coefficient (Wildman–Crippen LogP) is -10.9. The molecule has 0 amide bonds. The Labute approximate surface area is 664 Å². The van der Waals surface area contributed by atoms with E-state index in [-0.39, 0.29) is 41.7 Å². The molecule has 114 heavy (non-hydrogen) atoms. The van der Waals surface area contributed by atoms with Crippen LogP contribution in [0.5, 0.6) is 0 Å². The fourth-order valence-corrected chi connectivity index (χ4v) is 18.6. The van der Waals surface area contributed by atoms with Gasteiger partial charge in [0.05, 0.1) is 61.4 Å². The van der Waals surface area contributed by atoms with Crippen molar-refractivity contribution in [2.45, 2.75) is 282 Å². The lowest BCUT2D eigenvalue weighted by Gasteiger charge is -2.61. The third-order valence-corrected chi connectivity index (χ3v) is 25.9. The molecule has 0 aromatic carbocycles. The summed E-state index contributed by atoms with van der Waals surface area (Å²) in [4.78, 5) is 60.5. The normalized spacial score (nSPS) is 45.8. The van der Waals surface area contributed by atoms with Gasteiger partial charge in [-0.15, -0.1) is 18.3 Å². The number of esters is 1. The van der Waals surface area contributed by atoms with Gasteiger partial charge in [0.2, 0.25) is 0 Å². The van der Waals surface area contributed by atoms with Crippen LogP contribution >= 0.6 is 11.8 Å². The number of carbonyl (C=O) groups is 4. The number of hydrogen-bond donors (Lipinski definition) is 27. The van der Waals surface area contributed by atoms with E-state index in [9.17, 15) is 95.8 Å². The van der Waals surface area contributed by atoms with Crippen molar-refractivity contribution in [1.82, 2.24) is 26.2 Å². The standard InChI is InChI=1S/C28H47NO4S.2C21H39N7O12/c1-8-26(6)17-22(33-23(31)18-34-16-15-29(9-2)10-3)27(7)19(4)11-13-28(20(5)25(26)32)14-12-21(30)24(27)28;2*1-5-21(36,4-30)16(40-17-9(26-2)13(34)10(31)6(3-29)38-17)18(37-5)39-15-8(28-20(24)25)11(32)7(27-19(22)23)12(33)14(15)35/h8,19-20,22,24-25,32H,1,9-18H2,2-7H3;2*4-18,26,29,31-36H,3H2,1-2H3,(H4,22,23,27)(H4,24,25,28)/t19?,20-,22+,24-,25-,26+,27+,28-;2*5-,6-,7+,8-,9-,10-,11+,12-,13-,14+,15+,16-,17-,18-,21+/m000/s1. The van der Waals surface area contributed by atoms with E-state index in [0.29, 0.717) is 24.4 Å². The van der Waals surface area contributed by atoms with Gasteiger partial charge in [-0.05, 0) is 84.0 Å². The average Bonchev–Trinajstić information content (AvgIpc) is 1.42. The van der Waals surface area contributed by atoms with Crippen LogP contribution in [0.3, 0.4) is 0 Å². The third kappa shape index (κ3) is 19.4. The zero-order valence-corrected chi connectivity index (χ0v) is 66.5. The van der Waals surface area contributed by atoms with Crippen molar-refractivity contribution in [2.24, 2.45) is 78.4 Å². The highest BCUT2D eigenvalue weighted by Gasteiger charge is 2.69. The molecular formula is C70H125N15O28S. The number of hydrogen-bond acceptors (Lipinski definition) is 36. The Balaban J connectivity index is 0.000000238. The first-order valence-electron chi connectivity index (χ1n) is 38.1. The number of aliphatic hydroxyl groups is 15. The van der Waals surface area contributed by atoms with Gasteiger partial charge >= 0.3 is 5.97 Å². The summed E-state index contributed by atoms with van der Waals surface area (Å²) in [5.74, 6) is -0.948. The number of Topliss-reactive ketones (excluding diaryl/α,β-unsaturated/α-hetero) is 1. The smallest absolute Gasteiger partial charge is 0.316 e. The number of aliphatic hydroxyl groups excluding tert-OH is 13. The number of nitrogens with one attached hydrogen (secondary N) is 6. The maximum absolute atomic E-state index is 13.4. The number of likely N-dealkylation sites (N-methyl/N-ethyl adjacent to an activating group) is 2. The van der Waals surface area contributed by atoms with E-state index in [1.165, 1.54) is 27.9 Å². The summed E-state index contributed by atoms with van der Waals surface area (Å²) in [6.45, 7) is 21.2. The molecule has 0 aromatic rings. The van der Waals surface area contributed by atoms with E-state index in [4.69, 9.17) is 87.9 Å². The maximum atomic E-state index is 13.4. The van der Waals surface area contributed by atoms with Crippen LogP contribution < -0.4 is 55.7 Å². The highest BCUT2D eigenvalue weighted by atomic mass is 32.2. The van der Waals surface area contributed by atoms with Gasteiger partial charge in [-0.2, -0.15) is 0 Å². The Bertz CT molecular complexity index is 3150. The lowest BCUT2D eigenvalue weighted by molar-refractivity contribution is -0.314. The number of aliphatic imine (C=N–C) groups is 2. The van der Waals surface area contributed by atoms with E-state index in [2.05, 4.69) is 77.3 Å². The minimum absolute atomic E-state index is 0.00828. The van der Waals surface area contributed by atoms with Gasteiger partial charge in [0.25, 0.3) is 0 Å². The van der Waals surface area contributed by atoms with E-state index in [1.54, 1.807) is 11.8 Å². The Morgan fingerprint density at radius 1 is 0.632 bits per heavy atom. The summed E-state index contributed by atoms with van der Waals surface area (Å²) in [5, 5.41) is 185. The second kappa shape index (κ2) is 39.7. The fourth-order valence-electron chi connectivity index (χ4n) is 17.8. The molecular weight excluding hydrogens is 1530 g/mol. The molecule has 2 bridgehead atoms. The summed E-state index contributed by atoms with van der Waals surface area (Å²) in [7, 11) is 2.83. The lowest BCUT2D eigenvalue weighted by Crippen LogP contribution is -2.70. The van der Waals surface area contributed by atoms with Crippen molar-refractivity contribution < 1.29 is 138 Å². The molecule has 0 aromatic heterocycles. The second-order valence-corrected chi connectivity index (χ2v) is 32.6. The van der Waals surface area contributed by atoms with Crippen LogP contribution in [0.2, 0.25) is 0 Å². The first kappa shape index (κ1) is 95.7. The summed E-state index contributed by atoms with van der Waals surface area (Å²) in [6.07, 6.45) is -30.0. The molecule has 9 aliphatic rings. The summed E-state index contributed by atoms with van der Waals surface area (Å²) >= 11 is 1.61. The van der Waals surface area contributed by atoms with E-state index >= 15 is 0 Å². The van der Waals surface area contributed by atoms with Crippen LogP contribution in [0.15, 0.2) is 22.6 Å². The molecule has 33 N–H and O–H groups in total. The highest BCUT2D eigenvalue weighted by molar-refractivity contribution is 7.99. The predicted molar refractivity (Wildman–Crippen MR) is 404 cm³/mol. The average molecular weight is 1660 g/mol. The molecule has 5 saturated carbocycles.